The molecule has 1 aliphatic heterocycles. The summed E-state index contributed by atoms with van der Waals surface area (Å²) in [4.78, 5) is 11.5. The average Bonchev–Trinajstić information content (AvgIpc) is 2.58. The molecule has 0 saturated heterocycles. The molecule has 0 bridgehead atoms. The molecule has 1 heterocycles. The molecule has 0 aliphatic carbocycles. The number of ketones is 1. The molecular formula is C12H12O4S. The van der Waals surface area contributed by atoms with Crippen LogP contribution in [0, 0.1) is 0 Å². The molecule has 4 nitrogen and oxygen atoms in total. The second kappa shape index (κ2) is 4.00. The fraction of sp³-hybridized carbons (Fsp3) is 0.250. The molecule has 1 unspecified atom stereocenters. The van der Waals surface area contributed by atoms with Gasteiger partial charge in [0, 0.05) is 17.9 Å². The average molecular weight is 252 g/mol. The molecule has 0 N–H and O–H groups in total. The molecule has 1 aromatic rings. The van der Waals surface area contributed by atoms with Crippen LogP contribution in [0.3, 0.4) is 0 Å². The molecule has 1 aromatic carbocycles. The Morgan fingerprint density at radius 1 is 1.18 bits per heavy atom. The molecule has 17 heavy (non-hydrogen) atoms. The highest BCUT2D eigenvalue weighted by Crippen LogP contribution is 2.24. The highest BCUT2D eigenvalue weighted by atomic mass is 32.2. The topological polar surface area (TPSA) is 60.4 Å². The molecule has 2 rings (SSSR count). The van der Waals surface area contributed by atoms with Crippen LogP contribution in [0.5, 0.6) is 0 Å². The quantitative estimate of drug-likeness (QED) is 0.798. The third kappa shape index (κ3) is 2.39. The van der Waals surface area contributed by atoms with E-state index in [4.69, 9.17) is 4.74 Å². The number of hydrogen-bond acceptors (Lipinski definition) is 4. The summed E-state index contributed by atoms with van der Waals surface area (Å²) in [5.74, 6) is 0.412. The summed E-state index contributed by atoms with van der Waals surface area (Å²) in [7, 11) is -3.19. The van der Waals surface area contributed by atoms with Crippen molar-refractivity contribution in [2.24, 2.45) is 0 Å². The smallest absolute Gasteiger partial charge is 0.199 e. The van der Waals surface area contributed by atoms with Crippen LogP contribution in [0.15, 0.2) is 35.2 Å². The van der Waals surface area contributed by atoms with Gasteiger partial charge in [0.05, 0.1) is 4.90 Å². The lowest BCUT2D eigenvalue weighted by Gasteiger charge is -2.07. The molecule has 0 aromatic heterocycles. The second-order valence-corrected chi connectivity index (χ2v) is 5.98. The first-order valence-corrected chi connectivity index (χ1v) is 7.00. The Morgan fingerprint density at radius 3 is 2.18 bits per heavy atom. The minimum atomic E-state index is -3.19. The standard InChI is InChI=1S/C12H12O4S/c1-8-11(13)7-12(16-8)9-3-5-10(6-4-9)17(2,14)15/h3-8H,1-2H3. The number of benzene rings is 1. The summed E-state index contributed by atoms with van der Waals surface area (Å²) in [5.41, 5.74) is 0.704. The lowest BCUT2D eigenvalue weighted by atomic mass is 10.2. The zero-order valence-electron chi connectivity index (χ0n) is 9.51. The van der Waals surface area contributed by atoms with Crippen molar-refractivity contribution < 1.29 is 17.9 Å². The Balaban J connectivity index is 2.32. The van der Waals surface area contributed by atoms with E-state index in [2.05, 4.69) is 0 Å². The third-order valence-corrected chi connectivity index (χ3v) is 3.67. The van der Waals surface area contributed by atoms with Crippen molar-refractivity contribution >= 4 is 21.4 Å². The third-order valence-electron chi connectivity index (χ3n) is 2.54. The molecule has 0 spiro atoms. The number of sulfone groups is 1. The van der Waals surface area contributed by atoms with Crippen LogP contribution in [-0.2, 0) is 19.4 Å². The van der Waals surface area contributed by atoms with Gasteiger partial charge < -0.3 is 4.74 Å². The van der Waals surface area contributed by atoms with Gasteiger partial charge in [0.2, 0.25) is 0 Å². The molecule has 0 amide bonds. The molecule has 0 fully saturated rings. The van der Waals surface area contributed by atoms with Gasteiger partial charge in [-0.05, 0) is 31.2 Å². The first-order valence-electron chi connectivity index (χ1n) is 5.10. The highest BCUT2D eigenvalue weighted by Gasteiger charge is 2.23. The predicted octanol–water partition coefficient (Wildman–Crippen LogP) is 1.42. The zero-order valence-corrected chi connectivity index (χ0v) is 10.3. The maximum Gasteiger partial charge on any atom is 0.199 e. The lowest BCUT2D eigenvalue weighted by molar-refractivity contribution is -0.119. The van der Waals surface area contributed by atoms with E-state index < -0.39 is 15.9 Å². The van der Waals surface area contributed by atoms with Gasteiger partial charge in [-0.3, -0.25) is 4.79 Å². The van der Waals surface area contributed by atoms with Crippen LogP contribution in [-0.4, -0.2) is 26.6 Å². The SMILES string of the molecule is CC1OC(c2ccc(S(C)(=O)=O)cc2)=CC1=O. The minimum Gasteiger partial charge on any atom is -0.482 e. The van der Waals surface area contributed by atoms with Crippen LogP contribution in [0.25, 0.3) is 5.76 Å². The van der Waals surface area contributed by atoms with Gasteiger partial charge >= 0.3 is 0 Å². The fourth-order valence-corrected chi connectivity index (χ4v) is 2.18. The first-order chi connectivity index (χ1) is 7.88. The monoisotopic (exact) mass is 252 g/mol. The predicted molar refractivity (Wildman–Crippen MR) is 63.1 cm³/mol. The fourth-order valence-electron chi connectivity index (χ4n) is 1.55. The zero-order chi connectivity index (χ0) is 12.6. The summed E-state index contributed by atoms with van der Waals surface area (Å²) in [5, 5.41) is 0. The van der Waals surface area contributed by atoms with Gasteiger partial charge in [0.1, 0.15) is 5.76 Å². The van der Waals surface area contributed by atoms with Crippen LogP contribution >= 0.6 is 0 Å². The molecule has 0 saturated carbocycles. The van der Waals surface area contributed by atoms with Crippen molar-refractivity contribution in [3.05, 3.63) is 35.9 Å². The van der Waals surface area contributed by atoms with Gasteiger partial charge in [0.15, 0.2) is 21.7 Å². The van der Waals surface area contributed by atoms with E-state index in [1.165, 1.54) is 18.2 Å². The molecule has 5 heteroatoms. The van der Waals surface area contributed by atoms with Gasteiger partial charge in [-0.1, -0.05) is 0 Å². The van der Waals surface area contributed by atoms with E-state index in [1.807, 2.05) is 0 Å². The van der Waals surface area contributed by atoms with Crippen LogP contribution < -0.4 is 0 Å². The summed E-state index contributed by atoms with van der Waals surface area (Å²) in [6.07, 6.45) is 2.12. The van der Waals surface area contributed by atoms with Gasteiger partial charge in [0.25, 0.3) is 0 Å². The Kier molecular flexibility index (Phi) is 2.79. The van der Waals surface area contributed by atoms with E-state index >= 15 is 0 Å². The number of rotatable bonds is 2. The number of carbonyl (C=O) groups excluding carboxylic acids is 1. The molecular weight excluding hydrogens is 240 g/mol. The van der Waals surface area contributed by atoms with E-state index in [9.17, 15) is 13.2 Å². The normalized spacial score (nSPS) is 20.0. The van der Waals surface area contributed by atoms with E-state index in [0.29, 0.717) is 11.3 Å². The van der Waals surface area contributed by atoms with E-state index in [1.54, 1.807) is 19.1 Å². The summed E-state index contributed by atoms with van der Waals surface area (Å²) in [6.45, 7) is 1.68. The Labute approximate surface area is 99.8 Å². The highest BCUT2D eigenvalue weighted by molar-refractivity contribution is 7.90. The minimum absolute atomic E-state index is 0.0767. The molecule has 0 radical (unpaired) electrons. The van der Waals surface area contributed by atoms with Gasteiger partial charge in [-0.15, -0.1) is 0 Å². The Bertz CT molecular complexity index is 581. The van der Waals surface area contributed by atoms with Crippen molar-refractivity contribution in [3.8, 4) is 0 Å². The number of carbonyl (C=O) groups is 1. The summed E-state index contributed by atoms with van der Waals surface area (Å²) >= 11 is 0. The maximum absolute atomic E-state index is 11.3. The van der Waals surface area contributed by atoms with Crippen LogP contribution in [0.1, 0.15) is 12.5 Å². The number of ether oxygens (including phenoxy) is 1. The maximum atomic E-state index is 11.3. The summed E-state index contributed by atoms with van der Waals surface area (Å²) < 4.78 is 27.9. The Morgan fingerprint density at radius 2 is 1.76 bits per heavy atom. The Hall–Kier alpha value is -1.62. The largest absolute Gasteiger partial charge is 0.482 e. The van der Waals surface area contributed by atoms with Crippen LogP contribution in [0.2, 0.25) is 0 Å². The lowest BCUT2D eigenvalue weighted by Crippen LogP contribution is -2.09. The first kappa shape index (κ1) is 11.9. The van der Waals surface area contributed by atoms with Gasteiger partial charge in [-0.2, -0.15) is 0 Å². The second-order valence-electron chi connectivity index (χ2n) is 3.97. The van der Waals surface area contributed by atoms with E-state index in [0.717, 1.165) is 6.26 Å². The molecule has 1 atom stereocenters. The van der Waals surface area contributed by atoms with Crippen molar-refractivity contribution in [2.45, 2.75) is 17.9 Å². The van der Waals surface area contributed by atoms with Crippen molar-refractivity contribution in [2.75, 3.05) is 6.26 Å². The van der Waals surface area contributed by atoms with Crippen molar-refractivity contribution in [3.63, 3.8) is 0 Å². The van der Waals surface area contributed by atoms with Crippen molar-refractivity contribution in [1.82, 2.24) is 0 Å². The van der Waals surface area contributed by atoms with Crippen molar-refractivity contribution in [1.29, 1.82) is 0 Å². The van der Waals surface area contributed by atoms with Gasteiger partial charge in [-0.25, -0.2) is 8.42 Å². The number of hydrogen-bond donors (Lipinski definition) is 0. The summed E-state index contributed by atoms with van der Waals surface area (Å²) in [6, 6.07) is 6.27. The van der Waals surface area contributed by atoms with E-state index in [-0.39, 0.29) is 10.7 Å². The van der Waals surface area contributed by atoms with Crippen LogP contribution in [0.4, 0.5) is 0 Å². The molecule has 1 aliphatic rings. The molecule has 90 valence electrons.